The molecule has 26 heteroatoms. The van der Waals surface area contributed by atoms with Crippen LogP contribution in [0.15, 0.2) is 228 Å². The van der Waals surface area contributed by atoms with Crippen LogP contribution in [0.3, 0.4) is 0 Å². The Labute approximate surface area is 635 Å². The third-order valence-electron chi connectivity index (χ3n) is 16.2. The van der Waals surface area contributed by atoms with Crippen LogP contribution in [0.2, 0.25) is 10.3 Å². The van der Waals surface area contributed by atoms with E-state index in [-0.39, 0.29) is 41.6 Å². The Balaban J connectivity index is 0.000000139. The maximum absolute atomic E-state index is 13.4. The number of fused-ring (bicyclic) bond motifs is 3. The molecule has 1 fully saturated rings. The van der Waals surface area contributed by atoms with Crippen LogP contribution in [-0.2, 0) is 9.31 Å². The first-order chi connectivity index (χ1) is 50.8. The van der Waals surface area contributed by atoms with Crippen LogP contribution >= 0.6 is 55.1 Å². The van der Waals surface area contributed by atoms with Crippen molar-refractivity contribution in [2.24, 2.45) is 0 Å². The van der Waals surface area contributed by atoms with E-state index in [0.717, 1.165) is 69.8 Å². The molecule has 1 saturated heterocycles. The zero-order valence-electron chi connectivity index (χ0n) is 57.3. The van der Waals surface area contributed by atoms with Crippen LogP contribution in [0.4, 0.5) is 35.0 Å². The summed E-state index contributed by atoms with van der Waals surface area (Å²) in [4.78, 5) is 42.0. The second-order valence-electron chi connectivity index (χ2n) is 24.2. The molecule has 0 amide bonds. The molecule has 0 bridgehead atoms. The van der Waals surface area contributed by atoms with Crippen molar-refractivity contribution in [3.63, 3.8) is 0 Å². The maximum Gasteiger partial charge on any atom is 0.495 e. The van der Waals surface area contributed by atoms with Gasteiger partial charge in [-0.1, -0.05) is 47.2 Å². The lowest BCUT2D eigenvalue weighted by Crippen LogP contribution is -2.41. The van der Waals surface area contributed by atoms with Gasteiger partial charge in [-0.3, -0.25) is 15.0 Å². The minimum Gasteiger partial charge on any atom is -0.399 e. The summed E-state index contributed by atoms with van der Waals surface area (Å²) < 4.78 is 65.3. The van der Waals surface area contributed by atoms with Crippen LogP contribution in [-0.4, -0.2) is 68.2 Å². The van der Waals surface area contributed by atoms with Gasteiger partial charge in [-0.05, 0) is 260 Å². The highest BCUT2D eigenvalue weighted by molar-refractivity contribution is 9.11. The van der Waals surface area contributed by atoms with Crippen LogP contribution in [0, 0.1) is 71.6 Å². The molecule has 4 aromatic carbocycles. The third-order valence-corrected chi connectivity index (χ3v) is 18.0. The molecule has 106 heavy (non-hydrogen) atoms. The van der Waals surface area contributed by atoms with Gasteiger partial charge in [-0.25, -0.2) is 52.4 Å². The summed E-state index contributed by atoms with van der Waals surface area (Å²) >= 11 is 18.8. The lowest BCUT2D eigenvalue weighted by molar-refractivity contribution is 0.00578. The summed E-state index contributed by atoms with van der Waals surface area (Å²) in [5.41, 5.74) is 29.9. The average molecular weight is 1580 g/mol. The van der Waals surface area contributed by atoms with E-state index < -0.39 is 0 Å². The van der Waals surface area contributed by atoms with Crippen molar-refractivity contribution in [2.75, 3.05) is 17.2 Å². The van der Waals surface area contributed by atoms with E-state index in [1.807, 2.05) is 108 Å². The number of rotatable bonds is 5. The highest BCUT2D eigenvalue weighted by Gasteiger charge is 2.52. The number of anilines is 3. The lowest BCUT2D eigenvalue weighted by atomic mass is 9.79. The second-order valence-corrected chi connectivity index (χ2v) is 26.6. The minimum atomic E-state index is -0.376. The zero-order chi connectivity index (χ0) is 75.8. The van der Waals surface area contributed by atoms with Crippen molar-refractivity contribution in [3.8, 4) is 68.9 Å². The first-order valence-corrected chi connectivity index (χ1v) is 34.4. The number of nitrogens with two attached hydrogens (primary N) is 3. The van der Waals surface area contributed by atoms with Crippen LogP contribution in [0.5, 0.6) is 0 Å². The van der Waals surface area contributed by atoms with E-state index in [9.17, 15) is 17.6 Å². The van der Waals surface area contributed by atoms with Crippen LogP contribution in [0.25, 0.3) is 77.6 Å². The van der Waals surface area contributed by atoms with Gasteiger partial charge in [-0.15, -0.1) is 0 Å². The van der Waals surface area contributed by atoms with Gasteiger partial charge in [0.25, 0.3) is 0 Å². The fraction of sp³-hybridized carbons (Fsp3) is 0.100. The summed E-state index contributed by atoms with van der Waals surface area (Å²) in [6.07, 6.45) is 8.15. The van der Waals surface area contributed by atoms with E-state index in [1.54, 1.807) is 116 Å². The highest BCUT2D eigenvalue weighted by Crippen LogP contribution is 2.40. The summed E-state index contributed by atoms with van der Waals surface area (Å²) in [5.74, 6) is 5.60. The predicted molar refractivity (Wildman–Crippen MR) is 416 cm³/mol. The quantitative estimate of drug-likeness (QED) is 0.0625. The molecule has 1 aliphatic rings. The van der Waals surface area contributed by atoms with Gasteiger partial charge in [-0.2, -0.15) is 10.5 Å². The minimum absolute atomic E-state index is 0.269. The molecule has 0 saturated carbocycles. The number of halogens is 8. The number of aryl methyl sites for hydroxylation is 2. The number of nitrogens with zero attached hydrogens (tertiary/aromatic N) is 12. The SMILES string of the molecule is Cc1cc(-c2c(-c3ccc(F)cc3)nc(N)c3ncccc23)cc(Cl)n1.Cc1cc(B2OC(C)(C)C(C)(C)O2)cc(Cl)n1.N#Cc1ncccc1Br.N#Cc1ncccc1C#Cc1ccc(F)cc1.Nc1nc(-c2ccc(F)cc2)c(Br)c2cccnc12.Nc1nc(-c2ccc(F)cc2)cc2cccnc12. The highest BCUT2D eigenvalue weighted by atomic mass is 79.9. The van der Waals surface area contributed by atoms with Gasteiger partial charge >= 0.3 is 7.12 Å². The molecule has 0 atom stereocenters. The molecule has 17 nitrogen and oxygen atoms in total. The monoisotopic (exact) mass is 1580 g/mol. The Morgan fingerprint density at radius 3 is 1.45 bits per heavy atom. The smallest absolute Gasteiger partial charge is 0.399 e. The molecule has 10 aromatic heterocycles. The predicted octanol–water partition coefficient (Wildman–Crippen LogP) is 18.4. The van der Waals surface area contributed by atoms with E-state index in [0.29, 0.717) is 83.9 Å². The Morgan fingerprint density at radius 1 is 0.453 bits per heavy atom. The molecular formula is C80H60BBr2Cl2F4N15O2. The van der Waals surface area contributed by atoms with E-state index in [4.69, 9.17) is 60.2 Å². The van der Waals surface area contributed by atoms with Crippen molar-refractivity contribution in [2.45, 2.75) is 52.7 Å². The molecule has 0 radical (unpaired) electrons. The Bertz CT molecular complexity index is 5620. The zero-order valence-corrected chi connectivity index (χ0v) is 62.0. The fourth-order valence-corrected chi connectivity index (χ4v) is 11.9. The van der Waals surface area contributed by atoms with Gasteiger partial charge in [0.15, 0.2) is 28.8 Å². The summed E-state index contributed by atoms with van der Waals surface area (Å²) in [5, 5.41) is 20.7. The van der Waals surface area contributed by atoms with Gasteiger partial charge in [0.2, 0.25) is 0 Å². The van der Waals surface area contributed by atoms with Crippen molar-refractivity contribution in [1.82, 2.24) is 49.8 Å². The van der Waals surface area contributed by atoms with Gasteiger partial charge in [0.1, 0.15) is 62.3 Å². The number of hydrogen-bond donors (Lipinski definition) is 3. The van der Waals surface area contributed by atoms with E-state index >= 15 is 0 Å². The topological polar surface area (TPSA) is 273 Å². The number of nitriles is 2. The van der Waals surface area contributed by atoms with Crippen molar-refractivity contribution in [1.29, 1.82) is 10.5 Å². The molecule has 1 aliphatic heterocycles. The average Bonchev–Trinajstić information content (AvgIpc) is 1.02. The first-order valence-electron chi connectivity index (χ1n) is 32.1. The normalized spacial score (nSPS) is 12.1. The van der Waals surface area contributed by atoms with Crippen LogP contribution < -0.4 is 22.7 Å². The summed E-state index contributed by atoms with van der Waals surface area (Å²) in [7, 11) is -0.376. The van der Waals surface area contributed by atoms with E-state index in [2.05, 4.69) is 93.5 Å². The molecule has 11 heterocycles. The number of aromatic nitrogens is 10. The Morgan fingerprint density at radius 2 is 0.906 bits per heavy atom. The fourth-order valence-electron chi connectivity index (χ4n) is 10.4. The summed E-state index contributed by atoms with van der Waals surface area (Å²) in [6.45, 7) is 11.9. The lowest BCUT2D eigenvalue weighted by Gasteiger charge is -2.32. The number of hydrogen-bond acceptors (Lipinski definition) is 17. The number of pyridine rings is 10. The molecule has 0 aliphatic carbocycles. The molecular weight excluding hydrogens is 1520 g/mol. The maximum atomic E-state index is 13.4. The van der Waals surface area contributed by atoms with Gasteiger partial charge in [0.05, 0.1) is 42.8 Å². The molecule has 0 spiro atoms. The Hall–Kier alpha value is -11.7. The number of benzene rings is 4. The molecule has 14 aromatic rings. The summed E-state index contributed by atoms with van der Waals surface area (Å²) in [6, 6.07) is 55.8. The van der Waals surface area contributed by atoms with Gasteiger partial charge < -0.3 is 26.5 Å². The van der Waals surface area contributed by atoms with Crippen molar-refractivity contribution < 1.29 is 26.9 Å². The second kappa shape index (κ2) is 34.8. The van der Waals surface area contributed by atoms with Crippen molar-refractivity contribution in [3.05, 3.63) is 295 Å². The Kier molecular flexibility index (Phi) is 25.2. The molecule has 0 unspecified atom stereocenters. The largest absolute Gasteiger partial charge is 0.495 e. The van der Waals surface area contributed by atoms with E-state index in [1.165, 1.54) is 48.5 Å². The third kappa shape index (κ3) is 19.4. The molecule has 6 N–H and O–H groups in total. The van der Waals surface area contributed by atoms with Crippen molar-refractivity contribution >= 4 is 118 Å². The molecule has 15 rings (SSSR count). The standard InChI is InChI=1S/C20H14ClFN4.C14H9BrFN3.C14H10FN3.C14H7FN2.C12H17BClNO2.C6H3BrN2/c1-11-9-13(10-16(21)25-11)17-15-3-2-8-24-19(15)20(23)26-18(17)12-4-6-14(22)7-5-12;15-11-10-2-1-7-18-13(10)14(17)19-12(11)8-3-5-9(16)6-4-8;15-11-5-3-9(4-6-11)12-8-10-2-1-7-17-13(10)14(16)18-12;15-13-7-4-11(5-8-13)3-6-12-2-1-9-17-14(12)10-16;1-8-6-9(7-10(14)15-8)13-16-11(2,3)12(4,5)17-13;7-5-2-1-3-9-6(5)4-8/h2-10H,1H3,(H2,23,26);1-7H,(H2,17,19);1-8H,(H2,16,18);1-2,4-5,7-9H;6-7H,1-5H3;1-3H. The number of nitrogen functional groups attached to an aromatic ring is 3. The van der Waals surface area contributed by atoms with Gasteiger partial charge in [0, 0.05) is 86.3 Å². The first kappa shape index (κ1) is 77.0. The molecule has 526 valence electrons. The van der Waals surface area contributed by atoms with Crippen LogP contribution in [0.1, 0.15) is 61.6 Å².